The first kappa shape index (κ1) is 22.3. The molecule has 1 heterocycles. The van der Waals surface area contributed by atoms with Gasteiger partial charge in [0.25, 0.3) is 15.9 Å². The van der Waals surface area contributed by atoms with Crippen LogP contribution in [0.25, 0.3) is 6.08 Å². The molecule has 3 rings (SSSR count). The second-order valence-electron chi connectivity index (χ2n) is 6.26. The standard InChI is InChI=1S/C20H20N2O5S3/c1-4-27-15-8-7-14(17(12-15)26-3)11-18-19(23)22(20(28)29-18)21-30(24,25)16-9-5-13(2)6-10-16/h5-12,21H,4H2,1-3H3. The van der Waals surface area contributed by atoms with E-state index in [0.717, 1.165) is 22.3 Å². The number of benzene rings is 2. The second kappa shape index (κ2) is 9.17. The van der Waals surface area contributed by atoms with Crippen LogP contribution in [0.2, 0.25) is 0 Å². The molecule has 0 aliphatic carbocycles. The Morgan fingerprint density at radius 3 is 2.53 bits per heavy atom. The van der Waals surface area contributed by atoms with Crippen molar-refractivity contribution in [2.45, 2.75) is 18.7 Å². The molecular weight excluding hydrogens is 444 g/mol. The van der Waals surface area contributed by atoms with Gasteiger partial charge in [0.15, 0.2) is 4.32 Å². The SMILES string of the molecule is CCOc1ccc(C=C2SC(=S)N(NS(=O)(=O)c3ccc(C)cc3)C2=O)c(OC)c1. The zero-order valence-electron chi connectivity index (χ0n) is 16.5. The molecule has 30 heavy (non-hydrogen) atoms. The highest BCUT2D eigenvalue weighted by Gasteiger charge is 2.35. The van der Waals surface area contributed by atoms with Crippen molar-refractivity contribution in [2.75, 3.05) is 13.7 Å². The van der Waals surface area contributed by atoms with E-state index in [-0.39, 0.29) is 14.1 Å². The lowest BCUT2D eigenvalue weighted by atomic mass is 10.1. The molecule has 0 saturated carbocycles. The summed E-state index contributed by atoms with van der Waals surface area (Å²) in [6.07, 6.45) is 1.61. The van der Waals surface area contributed by atoms with E-state index in [4.69, 9.17) is 21.7 Å². The fourth-order valence-electron chi connectivity index (χ4n) is 2.65. The van der Waals surface area contributed by atoms with E-state index < -0.39 is 15.9 Å². The van der Waals surface area contributed by atoms with Gasteiger partial charge >= 0.3 is 0 Å². The van der Waals surface area contributed by atoms with Crippen LogP contribution in [0.3, 0.4) is 0 Å². The average molecular weight is 465 g/mol. The Hall–Kier alpha value is -2.40. The summed E-state index contributed by atoms with van der Waals surface area (Å²) in [7, 11) is -2.44. The molecule has 0 radical (unpaired) electrons. The monoisotopic (exact) mass is 464 g/mol. The average Bonchev–Trinajstić information content (AvgIpc) is 2.96. The van der Waals surface area contributed by atoms with Crippen molar-refractivity contribution in [3.63, 3.8) is 0 Å². The molecule has 1 fully saturated rings. The molecule has 1 N–H and O–H groups in total. The lowest BCUT2D eigenvalue weighted by Crippen LogP contribution is -2.44. The zero-order valence-corrected chi connectivity index (χ0v) is 19.0. The lowest BCUT2D eigenvalue weighted by Gasteiger charge is -2.16. The van der Waals surface area contributed by atoms with E-state index in [0.29, 0.717) is 23.7 Å². The van der Waals surface area contributed by atoms with Gasteiger partial charge in [0, 0.05) is 11.6 Å². The summed E-state index contributed by atoms with van der Waals surface area (Å²) in [4.78, 5) is 15.4. The van der Waals surface area contributed by atoms with E-state index >= 15 is 0 Å². The summed E-state index contributed by atoms with van der Waals surface area (Å²) in [6.45, 7) is 4.25. The van der Waals surface area contributed by atoms with Crippen molar-refractivity contribution in [2.24, 2.45) is 0 Å². The summed E-state index contributed by atoms with van der Waals surface area (Å²) in [5, 5.41) is 0.863. The largest absolute Gasteiger partial charge is 0.496 e. The minimum absolute atomic E-state index is 0.0410. The van der Waals surface area contributed by atoms with Gasteiger partial charge in [-0.1, -0.05) is 41.7 Å². The van der Waals surface area contributed by atoms with E-state index in [1.54, 1.807) is 36.4 Å². The number of thioether (sulfide) groups is 1. The Bertz CT molecular complexity index is 1110. The smallest absolute Gasteiger partial charge is 0.281 e. The maximum atomic E-state index is 12.8. The molecule has 1 amide bonds. The first-order valence-corrected chi connectivity index (χ1v) is 11.6. The number of ether oxygens (including phenoxy) is 2. The molecule has 0 aromatic heterocycles. The fourth-order valence-corrected chi connectivity index (χ4v) is 4.95. The predicted octanol–water partition coefficient (Wildman–Crippen LogP) is 3.50. The molecule has 0 spiro atoms. The predicted molar refractivity (Wildman–Crippen MR) is 121 cm³/mol. The van der Waals surface area contributed by atoms with E-state index in [2.05, 4.69) is 4.83 Å². The third kappa shape index (κ3) is 4.84. The zero-order chi connectivity index (χ0) is 21.9. The lowest BCUT2D eigenvalue weighted by molar-refractivity contribution is -0.123. The number of rotatable bonds is 7. The topological polar surface area (TPSA) is 84.9 Å². The van der Waals surface area contributed by atoms with Crippen LogP contribution in [0.15, 0.2) is 52.3 Å². The maximum absolute atomic E-state index is 12.8. The number of sulfonamides is 1. The molecule has 0 unspecified atom stereocenters. The number of hydrogen-bond donors (Lipinski definition) is 1. The van der Waals surface area contributed by atoms with Gasteiger partial charge in [-0.05, 0) is 44.2 Å². The molecule has 1 saturated heterocycles. The first-order chi connectivity index (χ1) is 14.2. The summed E-state index contributed by atoms with van der Waals surface area (Å²) in [5.41, 5.74) is 1.56. The molecule has 2 aromatic carbocycles. The molecule has 0 atom stereocenters. The van der Waals surface area contributed by atoms with Gasteiger partial charge in [-0.3, -0.25) is 4.79 Å². The third-order valence-electron chi connectivity index (χ3n) is 4.14. The highest BCUT2D eigenvalue weighted by Crippen LogP contribution is 2.35. The van der Waals surface area contributed by atoms with Crippen LogP contribution in [-0.4, -0.2) is 37.4 Å². The van der Waals surface area contributed by atoms with Gasteiger partial charge in [0.2, 0.25) is 0 Å². The number of carbonyl (C=O) groups excluding carboxylic acids is 1. The molecule has 158 valence electrons. The van der Waals surface area contributed by atoms with Crippen molar-refractivity contribution in [3.8, 4) is 11.5 Å². The van der Waals surface area contributed by atoms with Crippen LogP contribution in [-0.2, 0) is 14.8 Å². The summed E-state index contributed by atoms with van der Waals surface area (Å²) < 4.78 is 36.2. The van der Waals surface area contributed by atoms with Crippen molar-refractivity contribution in [1.29, 1.82) is 0 Å². The number of methoxy groups -OCH3 is 1. The van der Waals surface area contributed by atoms with Crippen LogP contribution in [0, 0.1) is 6.92 Å². The van der Waals surface area contributed by atoms with E-state index in [1.165, 1.54) is 19.2 Å². The number of hydrazine groups is 1. The Morgan fingerprint density at radius 1 is 1.20 bits per heavy atom. The van der Waals surface area contributed by atoms with Crippen molar-refractivity contribution in [3.05, 3.63) is 58.5 Å². The molecule has 7 nitrogen and oxygen atoms in total. The normalized spacial score (nSPS) is 15.7. The van der Waals surface area contributed by atoms with Gasteiger partial charge in [0.1, 0.15) is 11.5 Å². The van der Waals surface area contributed by atoms with Crippen molar-refractivity contribution >= 4 is 50.3 Å². The van der Waals surface area contributed by atoms with E-state index in [9.17, 15) is 13.2 Å². The van der Waals surface area contributed by atoms with Crippen LogP contribution in [0.4, 0.5) is 0 Å². The second-order valence-corrected chi connectivity index (χ2v) is 9.60. The summed E-state index contributed by atoms with van der Waals surface area (Å²) in [5.74, 6) is 0.605. The highest BCUT2D eigenvalue weighted by atomic mass is 32.2. The van der Waals surface area contributed by atoms with Crippen LogP contribution in [0.1, 0.15) is 18.1 Å². The Labute approximate surface area is 185 Å². The molecule has 10 heteroatoms. The highest BCUT2D eigenvalue weighted by molar-refractivity contribution is 8.26. The maximum Gasteiger partial charge on any atom is 0.281 e. The molecule has 0 bridgehead atoms. The van der Waals surface area contributed by atoms with Crippen LogP contribution >= 0.6 is 24.0 Å². The molecule has 1 aliphatic rings. The summed E-state index contributed by atoms with van der Waals surface area (Å²) in [6, 6.07) is 11.5. The molecule has 1 aliphatic heterocycles. The Balaban J connectivity index is 1.85. The Kier molecular flexibility index (Phi) is 6.81. The summed E-state index contributed by atoms with van der Waals surface area (Å²) >= 11 is 6.22. The van der Waals surface area contributed by atoms with Crippen LogP contribution < -0.4 is 14.3 Å². The van der Waals surface area contributed by atoms with Gasteiger partial charge in [0.05, 0.1) is 23.5 Å². The van der Waals surface area contributed by atoms with Gasteiger partial charge in [-0.15, -0.1) is 4.83 Å². The number of nitrogens with zero attached hydrogens (tertiary/aromatic N) is 1. The minimum Gasteiger partial charge on any atom is -0.496 e. The van der Waals surface area contributed by atoms with E-state index in [1.807, 2.05) is 13.8 Å². The fraction of sp³-hybridized carbons (Fsp3) is 0.200. The third-order valence-corrected chi connectivity index (χ3v) is 6.76. The molecular formula is C20H20N2O5S3. The Morgan fingerprint density at radius 2 is 1.90 bits per heavy atom. The van der Waals surface area contributed by atoms with Crippen LogP contribution in [0.5, 0.6) is 11.5 Å². The molecule has 2 aromatic rings. The van der Waals surface area contributed by atoms with Gasteiger partial charge in [-0.25, -0.2) is 13.4 Å². The number of nitrogens with one attached hydrogen (secondary N) is 1. The quantitative estimate of drug-likeness (QED) is 0.496. The van der Waals surface area contributed by atoms with Gasteiger partial charge in [-0.2, -0.15) is 0 Å². The number of hydrogen-bond acceptors (Lipinski definition) is 7. The number of thiocarbonyl (C=S) groups is 1. The number of amides is 1. The van der Waals surface area contributed by atoms with Crippen molar-refractivity contribution in [1.82, 2.24) is 9.84 Å². The van der Waals surface area contributed by atoms with Crippen molar-refractivity contribution < 1.29 is 22.7 Å². The first-order valence-electron chi connectivity index (χ1n) is 8.93. The number of carbonyl (C=O) groups is 1. The minimum atomic E-state index is -3.96. The van der Waals surface area contributed by atoms with Gasteiger partial charge < -0.3 is 9.47 Å². The number of aryl methyl sites for hydroxylation is 1.